The molecule has 1 saturated carbocycles. The van der Waals surface area contributed by atoms with Crippen molar-refractivity contribution in [3.63, 3.8) is 0 Å². The van der Waals surface area contributed by atoms with Crippen LogP contribution in [0.2, 0.25) is 0 Å². The Morgan fingerprint density at radius 3 is 2.02 bits per heavy atom. The topological polar surface area (TPSA) is 51.6 Å². The molecule has 5 aliphatic rings. The van der Waals surface area contributed by atoms with E-state index in [-0.39, 0.29) is 35.0 Å². The zero-order valence-corrected chi connectivity index (χ0v) is 28.3. The van der Waals surface area contributed by atoms with Gasteiger partial charge in [-0.25, -0.2) is 15.0 Å². The van der Waals surface area contributed by atoms with Gasteiger partial charge in [0.2, 0.25) is 0 Å². The molecule has 0 spiro atoms. The maximum Gasteiger partial charge on any atom is 0.178 e. The number of benzene rings is 4. The summed E-state index contributed by atoms with van der Waals surface area (Å²) in [6.07, 6.45) is 4.67. The van der Waals surface area contributed by atoms with Crippen molar-refractivity contribution in [2.24, 2.45) is 11.3 Å². The van der Waals surface area contributed by atoms with Gasteiger partial charge in [-0.1, -0.05) is 93.6 Å². The van der Waals surface area contributed by atoms with E-state index in [2.05, 4.69) is 162 Å². The molecule has 7 heteroatoms. The highest BCUT2D eigenvalue weighted by Gasteiger charge is 2.80. The Labute approximate surface area is 292 Å². The van der Waals surface area contributed by atoms with Crippen LogP contribution < -0.4 is 19.6 Å². The van der Waals surface area contributed by atoms with Crippen LogP contribution in [0.1, 0.15) is 43.5 Å². The molecule has 244 valence electrons. The Balaban J connectivity index is 1.23. The maximum atomic E-state index is 5.34. The zero-order chi connectivity index (χ0) is 33.4. The number of aromatic nitrogens is 3. The SMILES string of the molecule is CCc1cnc2c(n1)N(c1ccccc1)C1C3C(c4ccccc4N21)C1(C)c2ccccc2N2c4ncccc4N(c4ccccc4)C2C31C. The maximum absolute atomic E-state index is 5.34. The van der Waals surface area contributed by atoms with Crippen LogP contribution in [0.5, 0.6) is 0 Å². The molecule has 0 saturated heterocycles. The number of anilines is 8. The standard InChI is InChI=1S/C43H37N7/c1-4-27-26-45-38-39(46-27)48(29-18-9-6-10-19-29)40-36-35(30-20-11-13-22-32(30)49(38)40)42(2)31-21-12-14-23-33(31)50-37-34(24-15-25-44-37)47(41(50)43(36,42)3)28-16-7-5-8-17-28/h5-26,35-36,40-41H,4H2,1-3H3. The fraction of sp³-hybridized carbons (Fsp3) is 0.233. The molecule has 7 nitrogen and oxygen atoms in total. The summed E-state index contributed by atoms with van der Waals surface area (Å²) >= 11 is 0. The lowest BCUT2D eigenvalue weighted by atomic mass is 9.32. The average molecular weight is 652 g/mol. The number of hydrogen-bond acceptors (Lipinski definition) is 7. The molecule has 50 heavy (non-hydrogen) atoms. The average Bonchev–Trinajstić information content (AvgIpc) is 3.70. The first-order valence-electron chi connectivity index (χ1n) is 17.8. The van der Waals surface area contributed by atoms with E-state index in [4.69, 9.17) is 15.0 Å². The summed E-state index contributed by atoms with van der Waals surface area (Å²) in [5, 5.41) is 0. The van der Waals surface area contributed by atoms with Crippen LogP contribution in [-0.4, -0.2) is 27.3 Å². The van der Waals surface area contributed by atoms with Crippen LogP contribution >= 0.6 is 0 Å². The summed E-state index contributed by atoms with van der Waals surface area (Å²) < 4.78 is 0. The quantitative estimate of drug-likeness (QED) is 0.189. The molecular formula is C43H37N7. The number of fused-ring (bicyclic) bond motifs is 18. The Morgan fingerprint density at radius 2 is 1.26 bits per heavy atom. The van der Waals surface area contributed by atoms with Crippen LogP contribution in [0.3, 0.4) is 0 Å². The second-order valence-corrected chi connectivity index (χ2v) is 14.7. The van der Waals surface area contributed by atoms with Crippen LogP contribution in [0.25, 0.3) is 0 Å². The largest absolute Gasteiger partial charge is 0.316 e. The molecule has 0 bridgehead atoms. The Morgan fingerprint density at radius 1 is 0.600 bits per heavy atom. The molecule has 6 unspecified atom stereocenters. The lowest BCUT2D eigenvalue weighted by Gasteiger charge is -2.76. The third kappa shape index (κ3) is 3.15. The van der Waals surface area contributed by atoms with Gasteiger partial charge >= 0.3 is 0 Å². The Kier molecular flexibility index (Phi) is 5.48. The van der Waals surface area contributed by atoms with Crippen molar-refractivity contribution < 1.29 is 0 Å². The summed E-state index contributed by atoms with van der Waals surface area (Å²) in [6.45, 7) is 7.28. The molecule has 4 aliphatic heterocycles. The summed E-state index contributed by atoms with van der Waals surface area (Å²) in [5.41, 5.74) is 9.25. The first-order chi connectivity index (χ1) is 24.6. The highest BCUT2D eigenvalue weighted by molar-refractivity contribution is 5.92. The smallest absolute Gasteiger partial charge is 0.178 e. The van der Waals surface area contributed by atoms with E-state index in [0.717, 1.165) is 40.9 Å². The van der Waals surface area contributed by atoms with Crippen LogP contribution in [0, 0.1) is 11.3 Å². The third-order valence-electron chi connectivity index (χ3n) is 12.8. The van der Waals surface area contributed by atoms with Crippen molar-refractivity contribution >= 4 is 45.9 Å². The van der Waals surface area contributed by atoms with Gasteiger partial charge in [0.25, 0.3) is 0 Å². The lowest BCUT2D eigenvalue weighted by molar-refractivity contribution is -0.125. The van der Waals surface area contributed by atoms with Gasteiger partial charge < -0.3 is 19.6 Å². The molecule has 6 heterocycles. The van der Waals surface area contributed by atoms with Crippen molar-refractivity contribution in [3.8, 4) is 0 Å². The summed E-state index contributed by atoms with van der Waals surface area (Å²) in [4.78, 5) is 25.8. The zero-order valence-electron chi connectivity index (χ0n) is 28.3. The molecule has 0 radical (unpaired) electrons. The van der Waals surface area contributed by atoms with E-state index in [1.165, 1.54) is 28.2 Å². The first-order valence-corrected chi connectivity index (χ1v) is 17.8. The van der Waals surface area contributed by atoms with E-state index in [1.54, 1.807) is 0 Å². The van der Waals surface area contributed by atoms with Crippen molar-refractivity contribution in [1.29, 1.82) is 0 Å². The second-order valence-electron chi connectivity index (χ2n) is 14.7. The fourth-order valence-electron chi connectivity index (χ4n) is 10.8. The Hall–Kier alpha value is -5.69. The minimum atomic E-state index is -0.276. The molecular weight excluding hydrogens is 615 g/mol. The fourth-order valence-corrected chi connectivity index (χ4v) is 10.8. The summed E-state index contributed by atoms with van der Waals surface area (Å²) in [7, 11) is 0. The van der Waals surface area contributed by atoms with E-state index in [1.807, 2.05) is 12.4 Å². The van der Waals surface area contributed by atoms with Gasteiger partial charge in [-0.15, -0.1) is 0 Å². The molecule has 2 aromatic heterocycles. The first kappa shape index (κ1) is 28.2. The van der Waals surface area contributed by atoms with Gasteiger partial charge in [0.05, 0.1) is 17.6 Å². The van der Waals surface area contributed by atoms with Gasteiger partial charge in [-0.3, -0.25) is 0 Å². The summed E-state index contributed by atoms with van der Waals surface area (Å²) in [6, 6.07) is 44.3. The molecule has 1 aliphatic carbocycles. The highest BCUT2D eigenvalue weighted by Crippen LogP contribution is 2.80. The number of aryl methyl sites for hydroxylation is 1. The number of para-hydroxylation sites is 4. The van der Waals surface area contributed by atoms with E-state index in [9.17, 15) is 0 Å². The van der Waals surface area contributed by atoms with Crippen LogP contribution in [0.4, 0.5) is 45.9 Å². The van der Waals surface area contributed by atoms with Crippen molar-refractivity contribution in [2.45, 2.75) is 50.9 Å². The van der Waals surface area contributed by atoms with E-state index < -0.39 is 0 Å². The Bertz CT molecular complexity index is 2330. The normalized spacial score (nSPS) is 27.6. The van der Waals surface area contributed by atoms with Crippen LogP contribution in [-0.2, 0) is 11.8 Å². The monoisotopic (exact) mass is 651 g/mol. The number of nitrogens with zero attached hydrogens (tertiary/aromatic N) is 7. The molecule has 1 fully saturated rings. The van der Waals surface area contributed by atoms with Crippen molar-refractivity contribution in [1.82, 2.24) is 15.0 Å². The molecule has 0 amide bonds. The van der Waals surface area contributed by atoms with Gasteiger partial charge in [-0.2, -0.15) is 0 Å². The lowest BCUT2D eigenvalue weighted by Crippen LogP contribution is -2.80. The number of pyridine rings is 1. The minimum absolute atomic E-state index is 0.0310. The van der Waals surface area contributed by atoms with E-state index in [0.29, 0.717) is 0 Å². The number of hydrogen-bond donors (Lipinski definition) is 0. The molecule has 6 aromatic rings. The van der Waals surface area contributed by atoms with Gasteiger partial charge in [-0.05, 0) is 66.1 Å². The van der Waals surface area contributed by atoms with Crippen molar-refractivity contribution in [3.05, 3.63) is 151 Å². The van der Waals surface area contributed by atoms with Gasteiger partial charge in [0.15, 0.2) is 17.5 Å². The molecule has 0 N–H and O–H groups in total. The molecule has 6 atom stereocenters. The van der Waals surface area contributed by atoms with Gasteiger partial charge in [0, 0.05) is 51.6 Å². The second kappa shape index (κ2) is 9.72. The predicted molar refractivity (Wildman–Crippen MR) is 199 cm³/mol. The third-order valence-corrected chi connectivity index (χ3v) is 12.8. The summed E-state index contributed by atoms with van der Waals surface area (Å²) in [5.74, 6) is 3.32. The molecule has 11 rings (SSSR count). The minimum Gasteiger partial charge on any atom is -0.316 e. The predicted octanol–water partition coefficient (Wildman–Crippen LogP) is 9.37. The number of rotatable bonds is 3. The van der Waals surface area contributed by atoms with Gasteiger partial charge in [0.1, 0.15) is 12.3 Å². The van der Waals surface area contributed by atoms with Crippen LogP contribution in [0.15, 0.2) is 134 Å². The van der Waals surface area contributed by atoms with E-state index >= 15 is 0 Å². The molecule has 4 aromatic carbocycles. The van der Waals surface area contributed by atoms with Crippen molar-refractivity contribution in [2.75, 3.05) is 19.6 Å². The highest BCUT2D eigenvalue weighted by atomic mass is 15.5.